The molecule has 9 nitrogen and oxygen atoms in total. The quantitative estimate of drug-likeness (QED) is 0.197. The highest BCUT2D eigenvalue weighted by atomic mass is 35.5. The number of nitrogens with zero attached hydrogens (tertiary/aromatic N) is 4. The number of fused-ring (bicyclic) bond motifs is 1. The van der Waals surface area contributed by atoms with Gasteiger partial charge in [-0.05, 0) is 67.1 Å². The molecule has 3 heterocycles. The number of hydrogen-bond donors (Lipinski definition) is 1. The zero-order valence-corrected chi connectivity index (χ0v) is 27.1. The molecule has 46 heavy (non-hydrogen) atoms. The normalized spacial score (nSPS) is 14.4. The lowest BCUT2D eigenvalue weighted by molar-refractivity contribution is -0.123. The van der Waals surface area contributed by atoms with Gasteiger partial charge in [0.25, 0.3) is 0 Å². The van der Waals surface area contributed by atoms with Crippen molar-refractivity contribution in [2.24, 2.45) is 0 Å². The van der Waals surface area contributed by atoms with Crippen LogP contribution >= 0.6 is 23.4 Å². The first-order valence-corrected chi connectivity index (χ1v) is 16.0. The molecule has 0 bridgehead atoms. The maximum absolute atomic E-state index is 14.1. The highest BCUT2D eigenvalue weighted by molar-refractivity contribution is 8.00. The smallest absolute Gasteiger partial charge is 0.240 e. The molecule has 2 amide bonds. The first kappa shape index (κ1) is 31.2. The number of methoxy groups -OCH3 is 2. The molecule has 0 saturated carbocycles. The fourth-order valence-corrected chi connectivity index (χ4v) is 6.74. The molecule has 0 radical (unpaired) electrons. The van der Waals surface area contributed by atoms with Crippen molar-refractivity contribution in [1.82, 2.24) is 20.1 Å². The van der Waals surface area contributed by atoms with Gasteiger partial charge in [-0.25, -0.2) is 4.68 Å². The third-order valence-electron chi connectivity index (χ3n) is 7.75. The van der Waals surface area contributed by atoms with Crippen LogP contribution in [0.4, 0.5) is 5.82 Å². The summed E-state index contributed by atoms with van der Waals surface area (Å²) in [4.78, 5) is 33.1. The Morgan fingerprint density at radius 1 is 1.00 bits per heavy atom. The Kier molecular flexibility index (Phi) is 9.28. The summed E-state index contributed by atoms with van der Waals surface area (Å²) in [5.74, 6) is 1.41. The van der Waals surface area contributed by atoms with E-state index >= 15 is 0 Å². The van der Waals surface area contributed by atoms with E-state index in [1.807, 2.05) is 85.8 Å². The summed E-state index contributed by atoms with van der Waals surface area (Å²) in [5, 5.41) is 8.30. The number of halogens is 1. The number of aryl methyl sites for hydroxylation is 1. The first-order chi connectivity index (χ1) is 22.4. The van der Waals surface area contributed by atoms with Crippen molar-refractivity contribution in [3.05, 3.63) is 119 Å². The molecule has 1 N–H and O–H groups in total. The molecule has 1 aliphatic heterocycles. The molecular formula is C35H32ClN5O4S. The van der Waals surface area contributed by atoms with Gasteiger partial charge in [0.05, 0.1) is 36.6 Å². The second-order valence-electron chi connectivity index (χ2n) is 10.8. The maximum Gasteiger partial charge on any atom is 0.240 e. The van der Waals surface area contributed by atoms with Crippen LogP contribution in [0.25, 0.3) is 16.9 Å². The van der Waals surface area contributed by atoms with Crippen LogP contribution in [0.15, 0.2) is 91.3 Å². The van der Waals surface area contributed by atoms with E-state index in [0.29, 0.717) is 34.6 Å². The van der Waals surface area contributed by atoms with Crippen molar-refractivity contribution in [2.75, 3.05) is 31.4 Å². The maximum atomic E-state index is 14.1. The number of anilines is 1. The zero-order chi connectivity index (χ0) is 32.2. The lowest BCUT2D eigenvalue weighted by atomic mass is 9.98. The summed E-state index contributed by atoms with van der Waals surface area (Å²) in [5.41, 5.74) is 5.80. The standard InChI is InChI=1S/C35H32ClN5O4S/c1-22-4-10-26(11-5-22)41-35-32(33(39-41)24-6-8-25(36)9-7-24)34(28-18-27(44-2)12-13-29(28)45-3)46-21-31(43)40(35)20-30(42)38-19-23-14-16-37-17-15-23/h4-18,34H,19-21H2,1-3H3,(H,38,42)/t34-/m1/s1. The molecule has 6 rings (SSSR count). The van der Waals surface area contributed by atoms with Gasteiger partial charge < -0.3 is 14.8 Å². The van der Waals surface area contributed by atoms with Crippen LogP contribution in [0, 0.1) is 6.92 Å². The molecule has 1 aliphatic rings. The predicted molar refractivity (Wildman–Crippen MR) is 181 cm³/mol. The number of carbonyl (C=O) groups excluding carboxylic acids is 2. The Bertz CT molecular complexity index is 1860. The Labute approximate surface area is 276 Å². The minimum Gasteiger partial charge on any atom is -0.497 e. The van der Waals surface area contributed by atoms with E-state index in [1.54, 1.807) is 36.2 Å². The average molecular weight is 654 g/mol. The molecule has 0 fully saturated rings. The van der Waals surface area contributed by atoms with E-state index in [1.165, 1.54) is 11.8 Å². The van der Waals surface area contributed by atoms with Crippen LogP contribution < -0.4 is 19.7 Å². The van der Waals surface area contributed by atoms with Crippen molar-refractivity contribution < 1.29 is 19.1 Å². The molecule has 0 unspecified atom stereocenters. The van der Waals surface area contributed by atoms with Gasteiger partial charge in [0.2, 0.25) is 11.8 Å². The fraction of sp³-hybridized carbons (Fsp3) is 0.200. The highest BCUT2D eigenvalue weighted by Gasteiger charge is 2.39. The summed E-state index contributed by atoms with van der Waals surface area (Å²) >= 11 is 7.75. The number of carbonyl (C=O) groups is 2. The number of nitrogens with one attached hydrogen (secondary N) is 1. The number of rotatable bonds is 9. The third kappa shape index (κ3) is 6.45. The van der Waals surface area contributed by atoms with Gasteiger partial charge >= 0.3 is 0 Å². The van der Waals surface area contributed by atoms with Crippen LogP contribution in [0.3, 0.4) is 0 Å². The first-order valence-electron chi connectivity index (χ1n) is 14.6. The summed E-state index contributed by atoms with van der Waals surface area (Å²) in [7, 11) is 3.23. The topological polar surface area (TPSA) is 98.6 Å². The minimum absolute atomic E-state index is 0.116. The predicted octanol–water partition coefficient (Wildman–Crippen LogP) is 6.40. The Hall–Kier alpha value is -4.80. The molecule has 5 aromatic rings. The van der Waals surface area contributed by atoms with E-state index in [2.05, 4.69) is 10.3 Å². The Morgan fingerprint density at radius 3 is 2.43 bits per heavy atom. The van der Waals surface area contributed by atoms with E-state index in [0.717, 1.165) is 33.5 Å². The van der Waals surface area contributed by atoms with Crippen LogP contribution in [-0.2, 0) is 16.1 Å². The molecule has 1 atom stereocenters. The molecule has 234 valence electrons. The molecule has 0 spiro atoms. The van der Waals surface area contributed by atoms with Crippen LogP contribution in [-0.4, -0.2) is 53.1 Å². The Balaban J connectivity index is 1.56. The monoisotopic (exact) mass is 653 g/mol. The largest absolute Gasteiger partial charge is 0.497 e. The van der Waals surface area contributed by atoms with Crippen molar-refractivity contribution in [1.29, 1.82) is 0 Å². The zero-order valence-electron chi connectivity index (χ0n) is 25.6. The van der Waals surface area contributed by atoms with Gasteiger partial charge in [-0.3, -0.25) is 19.5 Å². The second-order valence-corrected chi connectivity index (χ2v) is 12.3. The number of amides is 2. The van der Waals surface area contributed by atoms with Gasteiger partial charge in [0.15, 0.2) is 0 Å². The number of ether oxygens (including phenoxy) is 2. The number of thioether (sulfide) groups is 1. The number of aromatic nitrogens is 3. The van der Waals surface area contributed by atoms with Gasteiger partial charge in [0, 0.05) is 40.7 Å². The molecule has 0 saturated heterocycles. The van der Waals surface area contributed by atoms with Crippen molar-refractivity contribution in [3.8, 4) is 28.4 Å². The lowest BCUT2D eigenvalue weighted by Gasteiger charge is -2.24. The summed E-state index contributed by atoms with van der Waals surface area (Å²) < 4.78 is 13.2. The van der Waals surface area contributed by atoms with Crippen molar-refractivity contribution >= 4 is 41.0 Å². The summed E-state index contributed by atoms with van der Waals surface area (Å²) in [6.45, 7) is 2.12. The summed E-state index contributed by atoms with van der Waals surface area (Å²) in [6, 6.07) is 24.6. The lowest BCUT2D eigenvalue weighted by Crippen LogP contribution is -2.42. The van der Waals surface area contributed by atoms with E-state index in [-0.39, 0.29) is 24.1 Å². The van der Waals surface area contributed by atoms with E-state index in [9.17, 15) is 9.59 Å². The minimum atomic E-state index is -0.404. The number of benzene rings is 3. The molecule has 0 aliphatic carbocycles. The molecule has 3 aromatic carbocycles. The molecular weight excluding hydrogens is 622 g/mol. The summed E-state index contributed by atoms with van der Waals surface area (Å²) in [6.07, 6.45) is 3.35. The number of pyridine rings is 1. The van der Waals surface area contributed by atoms with E-state index in [4.69, 9.17) is 26.2 Å². The highest BCUT2D eigenvalue weighted by Crippen LogP contribution is 2.51. The Morgan fingerprint density at radius 2 is 1.74 bits per heavy atom. The second kappa shape index (κ2) is 13.7. The van der Waals surface area contributed by atoms with Gasteiger partial charge in [-0.1, -0.05) is 41.4 Å². The molecule has 11 heteroatoms. The van der Waals surface area contributed by atoms with Crippen LogP contribution in [0.2, 0.25) is 5.02 Å². The van der Waals surface area contributed by atoms with Gasteiger partial charge in [-0.15, -0.1) is 11.8 Å². The van der Waals surface area contributed by atoms with Gasteiger partial charge in [-0.2, -0.15) is 5.10 Å². The average Bonchev–Trinajstić information content (AvgIpc) is 3.40. The molecule has 2 aromatic heterocycles. The van der Waals surface area contributed by atoms with Crippen molar-refractivity contribution in [3.63, 3.8) is 0 Å². The van der Waals surface area contributed by atoms with Crippen LogP contribution in [0.1, 0.15) is 27.5 Å². The fourth-order valence-electron chi connectivity index (χ4n) is 5.40. The third-order valence-corrected chi connectivity index (χ3v) is 9.23. The van der Waals surface area contributed by atoms with Crippen molar-refractivity contribution in [2.45, 2.75) is 18.7 Å². The number of hydrogen-bond acceptors (Lipinski definition) is 7. The van der Waals surface area contributed by atoms with Gasteiger partial charge in [0.1, 0.15) is 23.9 Å². The van der Waals surface area contributed by atoms with Crippen LogP contribution in [0.5, 0.6) is 11.5 Å². The van der Waals surface area contributed by atoms with E-state index < -0.39 is 5.25 Å². The SMILES string of the molecule is COc1ccc(OC)c([C@H]2SCC(=O)N(CC(=O)NCc3ccncc3)c3c2c(-c2ccc(Cl)cc2)nn3-c2ccc(C)cc2)c1.